The molecule has 3 rings (SSSR count). The van der Waals surface area contributed by atoms with E-state index in [1.807, 2.05) is 6.07 Å². The molecule has 1 N–H and O–H groups in total. The van der Waals surface area contributed by atoms with Crippen LogP contribution in [0.4, 0.5) is 5.82 Å². The SMILES string of the molecule is O=C(Nc1ccn(-c2ccc(Cl)c(Cl)c2)n1)c1cccc(Br)c1. The number of hydrogen-bond acceptors (Lipinski definition) is 2. The van der Waals surface area contributed by atoms with Gasteiger partial charge in [-0.15, -0.1) is 0 Å². The number of nitrogens with one attached hydrogen (secondary N) is 1. The number of nitrogens with zero attached hydrogens (tertiary/aromatic N) is 2. The summed E-state index contributed by atoms with van der Waals surface area (Å²) in [6.07, 6.45) is 1.73. The Morgan fingerprint density at radius 1 is 1.09 bits per heavy atom. The maximum absolute atomic E-state index is 12.2. The first kappa shape index (κ1) is 16.1. The summed E-state index contributed by atoms with van der Waals surface area (Å²) < 4.78 is 2.45. The van der Waals surface area contributed by atoms with E-state index in [4.69, 9.17) is 23.2 Å². The molecule has 116 valence electrons. The molecule has 0 unspecified atom stereocenters. The first-order valence-electron chi connectivity index (χ1n) is 6.61. The van der Waals surface area contributed by atoms with E-state index in [-0.39, 0.29) is 5.91 Å². The highest BCUT2D eigenvalue weighted by molar-refractivity contribution is 9.10. The molecule has 0 aliphatic rings. The summed E-state index contributed by atoms with van der Waals surface area (Å²) in [4.78, 5) is 12.2. The highest BCUT2D eigenvalue weighted by Gasteiger charge is 2.09. The summed E-state index contributed by atoms with van der Waals surface area (Å²) in [6, 6.07) is 14.0. The molecule has 1 aromatic heterocycles. The van der Waals surface area contributed by atoms with Crippen LogP contribution >= 0.6 is 39.1 Å². The van der Waals surface area contributed by atoms with Crippen LogP contribution in [0.25, 0.3) is 5.69 Å². The quantitative estimate of drug-likeness (QED) is 0.645. The number of rotatable bonds is 3. The van der Waals surface area contributed by atoms with Gasteiger partial charge in [-0.05, 0) is 36.4 Å². The van der Waals surface area contributed by atoms with Crippen molar-refractivity contribution in [1.29, 1.82) is 0 Å². The Balaban J connectivity index is 1.79. The van der Waals surface area contributed by atoms with Crippen LogP contribution in [0, 0.1) is 0 Å². The standard InChI is InChI=1S/C16H10BrCl2N3O/c17-11-3-1-2-10(8-11)16(23)20-15-6-7-22(21-15)12-4-5-13(18)14(19)9-12/h1-9H,(H,20,21,23). The molecule has 0 aliphatic carbocycles. The van der Waals surface area contributed by atoms with Crippen molar-refractivity contribution in [3.63, 3.8) is 0 Å². The third-order valence-electron chi connectivity index (χ3n) is 3.09. The van der Waals surface area contributed by atoms with Gasteiger partial charge in [-0.1, -0.05) is 45.2 Å². The third-order valence-corrected chi connectivity index (χ3v) is 4.32. The first-order valence-corrected chi connectivity index (χ1v) is 8.16. The summed E-state index contributed by atoms with van der Waals surface area (Å²) in [5.41, 5.74) is 1.30. The highest BCUT2D eigenvalue weighted by atomic mass is 79.9. The second-order valence-electron chi connectivity index (χ2n) is 4.71. The van der Waals surface area contributed by atoms with Gasteiger partial charge >= 0.3 is 0 Å². The number of carbonyl (C=O) groups excluding carboxylic acids is 1. The van der Waals surface area contributed by atoms with Crippen LogP contribution in [-0.4, -0.2) is 15.7 Å². The van der Waals surface area contributed by atoms with Crippen molar-refractivity contribution >= 4 is 50.9 Å². The van der Waals surface area contributed by atoms with Crippen molar-refractivity contribution < 1.29 is 4.79 Å². The van der Waals surface area contributed by atoms with Gasteiger partial charge in [-0.3, -0.25) is 4.79 Å². The molecule has 0 aliphatic heterocycles. The van der Waals surface area contributed by atoms with E-state index in [0.29, 0.717) is 21.4 Å². The fourth-order valence-corrected chi connectivity index (χ4v) is 2.67. The van der Waals surface area contributed by atoms with Crippen LogP contribution in [0.15, 0.2) is 59.2 Å². The zero-order valence-corrected chi connectivity index (χ0v) is 14.7. The lowest BCUT2D eigenvalue weighted by Crippen LogP contribution is -2.12. The number of amides is 1. The second-order valence-corrected chi connectivity index (χ2v) is 6.44. The zero-order chi connectivity index (χ0) is 16.4. The van der Waals surface area contributed by atoms with E-state index in [2.05, 4.69) is 26.3 Å². The molecule has 3 aromatic rings. The Kier molecular flexibility index (Phi) is 4.71. The molecular weight excluding hydrogens is 401 g/mol. The Hall–Kier alpha value is -1.82. The Bertz CT molecular complexity index is 879. The monoisotopic (exact) mass is 409 g/mol. The largest absolute Gasteiger partial charge is 0.305 e. The van der Waals surface area contributed by atoms with Crippen LogP contribution in [-0.2, 0) is 0 Å². The van der Waals surface area contributed by atoms with Gasteiger partial charge in [0.2, 0.25) is 0 Å². The molecule has 0 fully saturated rings. The first-order chi connectivity index (χ1) is 11.0. The average Bonchev–Trinajstić information content (AvgIpc) is 2.98. The molecule has 2 aromatic carbocycles. The summed E-state index contributed by atoms with van der Waals surface area (Å²) in [5, 5.41) is 7.98. The van der Waals surface area contributed by atoms with E-state index >= 15 is 0 Å². The van der Waals surface area contributed by atoms with Gasteiger partial charge in [-0.25, -0.2) is 4.68 Å². The lowest BCUT2D eigenvalue weighted by Gasteiger charge is -2.04. The molecule has 0 spiro atoms. The fraction of sp³-hybridized carbons (Fsp3) is 0. The van der Waals surface area contributed by atoms with E-state index in [0.717, 1.165) is 10.2 Å². The van der Waals surface area contributed by atoms with Crippen LogP contribution in [0.1, 0.15) is 10.4 Å². The second kappa shape index (κ2) is 6.74. The summed E-state index contributed by atoms with van der Waals surface area (Å²) in [7, 11) is 0. The van der Waals surface area contributed by atoms with Gasteiger partial charge in [0.1, 0.15) is 0 Å². The topological polar surface area (TPSA) is 46.9 Å². The minimum atomic E-state index is -0.231. The van der Waals surface area contributed by atoms with Gasteiger partial charge < -0.3 is 5.32 Å². The van der Waals surface area contributed by atoms with Gasteiger partial charge in [0.05, 0.1) is 15.7 Å². The van der Waals surface area contributed by atoms with Crippen LogP contribution in [0.3, 0.4) is 0 Å². The van der Waals surface area contributed by atoms with Gasteiger partial charge in [0.25, 0.3) is 5.91 Å². The van der Waals surface area contributed by atoms with E-state index < -0.39 is 0 Å². The highest BCUT2D eigenvalue weighted by Crippen LogP contribution is 2.24. The number of aromatic nitrogens is 2. The Morgan fingerprint density at radius 2 is 1.91 bits per heavy atom. The van der Waals surface area contributed by atoms with E-state index in [1.54, 1.807) is 53.3 Å². The molecule has 0 bridgehead atoms. The average molecular weight is 411 g/mol. The predicted molar refractivity (Wildman–Crippen MR) is 95.7 cm³/mol. The van der Waals surface area contributed by atoms with E-state index in [9.17, 15) is 4.79 Å². The zero-order valence-electron chi connectivity index (χ0n) is 11.6. The maximum atomic E-state index is 12.2. The molecule has 1 heterocycles. The molecule has 0 radical (unpaired) electrons. The third kappa shape index (κ3) is 3.75. The lowest BCUT2D eigenvalue weighted by atomic mass is 10.2. The minimum Gasteiger partial charge on any atom is -0.305 e. The van der Waals surface area contributed by atoms with Crippen molar-refractivity contribution in [1.82, 2.24) is 9.78 Å². The van der Waals surface area contributed by atoms with Crippen molar-refractivity contribution in [2.24, 2.45) is 0 Å². The van der Waals surface area contributed by atoms with Crippen molar-refractivity contribution in [2.45, 2.75) is 0 Å². The molecule has 7 heteroatoms. The molecule has 0 atom stereocenters. The van der Waals surface area contributed by atoms with Crippen LogP contribution in [0.5, 0.6) is 0 Å². The van der Waals surface area contributed by atoms with Crippen molar-refractivity contribution in [3.05, 3.63) is 74.8 Å². The molecule has 23 heavy (non-hydrogen) atoms. The molecular formula is C16H10BrCl2N3O. The van der Waals surface area contributed by atoms with Crippen LogP contribution in [0.2, 0.25) is 10.0 Å². The molecule has 1 amide bonds. The van der Waals surface area contributed by atoms with Crippen LogP contribution < -0.4 is 5.32 Å². The maximum Gasteiger partial charge on any atom is 0.256 e. The smallest absolute Gasteiger partial charge is 0.256 e. The Labute approximate surface area is 151 Å². The number of halogens is 3. The Morgan fingerprint density at radius 3 is 2.65 bits per heavy atom. The van der Waals surface area contributed by atoms with E-state index in [1.165, 1.54) is 0 Å². The number of carbonyl (C=O) groups is 1. The summed E-state index contributed by atoms with van der Waals surface area (Å²) in [6.45, 7) is 0. The molecule has 4 nitrogen and oxygen atoms in total. The van der Waals surface area contributed by atoms with Gasteiger partial charge in [-0.2, -0.15) is 5.10 Å². The number of anilines is 1. The molecule has 0 saturated carbocycles. The molecule has 0 saturated heterocycles. The van der Waals surface area contributed by atoms with Gasteiger partial charge in [0.15, 0.2) is 5.82 Å². The minimum absolute atomic E-state index is 0.231. The fourth-order valence-electron chi connectivity index (χ4n) is 1.98. The van der Waals surface area contributed by atoms with Crippen molar-refractivity contribution in [2.75, 3.05) is 5.32 Å². The summed E-state index contributed by atoms with van der Waals surface area (Å²) >= 11 is 15.2. The number of benzene rings is 2. The lowest BCUT2D eigenvalue weighted by molar-refractivity contribution is 0.102. The van der Waals surface area contributed by atoms with Gasteiger partial charge in [0, 0.05) is 22.3 Å². The summed E-state index contributed by atoms with van der Waals surface area (Å²) in [5.74, 6) is 0.215. The predicted octanol–water partition coefficient (Wildman–Crippen LogP) is 5.19. The van der Waals surface area contributed by atoms with Crippen molar-refractivity contribution in [3.8, 4) is 5.69 Å². The normalized spacial score (nSPS) is 10.6. The number of hydrogen-bond donors (Lipinski definition) is 1.